The van der Waals surface area contributed by atoms with Crippen molar-refractivity contribution in [3.05, 3.63) is 94.4 Å². The van der Waals surface area contributed by atoms with E-state index in [2.05, 4.69) is 39.6 Å². The molecule has 4 aromatic rings. The molecule has 32 heavy (non-hydrogen) atoms. The Morgan fingerprint density at radius 2 is 1.91 bits per heavy atom. The fourth-order valence-electron chi connectivity index (χ4n) is 4.14. The second-order valence-corrected chi connectivity index (χ2v) is 8.28. The average molecular weight is 428 g/mol. The van der Waals surface area contributed by atoms with Crippen molar-refractivity contribution in [3.63, 3.8) is 0 Å². The van der Waals surface area contributed by atoms with E-state index in [1.807, 2.05) is 54.1 Å². The standard InChI is InChI=1S/C25H25N5O2/c1-16-11-13-19(14-12-16)30-21-10-6-9-20(21)23(28-30)24(31)26-17(2)25-27-22(29-32-25)15-18-7-4-3-5-8-18/h3-5,7-8,11-14,17H,6,9-10,15H2,1-2H3,(H,26,31)/t17-/m0/s1. The van der Waals surface area contributed by atoms with Crippen molar-refractivity contribution in [2.75, 3.05) is 0 Å². The van der Waals surface area contributed by atoms with Gasteiger partial charge in [-0.25, -0.2) is 4.68 Å². The summed E-state index contributed by atoms with van der Waals surface area (Å²) in [5.74, 6) is 0.764. The largest absolute Gasteiger partial charge is 0.339 e. The van der Waals surface area contributed by atoms with Gasteiger partial charge in [-0.2, -0.15) is 10.1 Å². The molecule has 0 unspecified atom stereocenters. The van der Waals surface area contributed by atoms with Crippen LogP contribution in [0.3, 0.4) is 0 Å². The lowest BCUT2D eigenvalue weighted by atomic mass is 10.1. The van der Waals surface area contributed by atoms with E-state index >= 15 is 0 Å². The maximum atomic E-state index is 13.1. The SMILES string of the molecule is Cc1ccc(-n2nc(C(=O)N[C@@H](C)c3nc(Cc4ccccc4)no3)c3c2CCC3)cc1. The first kappa shape index (κ1) is 20.2. The Kier molecular flexibility index (Phi) is 5.31. The molecule has 0 radical (unpaired) electrons. The van der Waals surface area contributed by atoms with Gasteiger partial charge in [0, 0.05) is 17.7 Å². The van der Waals surface area contributed by atoms with Crippen molar-refractivity contribution in [1.29, 1.82) is 0 Å². The molecule has 5 rings (SSSR count). The molecule has 1 aliphatic rings. The van der Waals surface area contributed by atoms with Gasteiger partial charge in [0.25, 0.3) is 5.91 Å². The Morgan fingerprint density at radius 3 is 2.69 bits per heavy atom. The summed E-state index contributed by atoms with van der Waals surface area (Å²) in [5, 5.41) is 11.7. The minimum absolute atomic E-state index is 0.218. The van der Waals surface area contributed by atoms with Gasteiger partial charge in [0.2, 0.25) is 5.89 Å². The van der Waals surface area contributed by atoms with Crippen LogP contribution in [0.4, 0.5) is 0 Å². The van der Waals surface area contributed by atoms with Gasteiger partial charge < -0.3 is 9.84 Å². The summed E-state index contributed by atoms with van der Waals surface area (Å²) in [5.41, 5.74) is 5.90. The molecule has 1 atom stereocenters. The summed E-state index contributed by atoms with van der Waals surface area (Å²) >= 11 is 0. The Hall–Kier alpha value is -3.74. The van der Waals surface area contributed by atoms with Crippen LogP contribution < -0.4 is 5.32 Å². The molecule has 1 amide bonds. The molecule has 162 valence electrons. The van der Waals surface area contributed by atoms with Crippen LogP contribution in [-0.4, -0.2) is 25.8 Å². The normalized spacial score (nSPS) is 13.7. The Morgan fingerprint density at radius 1 is 1.12 bits per heavy atom. The first-order chi connectivity index (χ1) is 15.6. The topological polar surface area (TPSA) is 85.8 Å². The van der Waals surface area contributed by atoms with Crippen molar-refractivity contribution >= 4 is 5.91 Å². The smallest absolute Gasteiger partial charge is 0.272 e. The second-order valence-electron chi connectivity index (χ2n) is 8.28. The third-order valence-electron chi connectivity index (χ3n) is 5.83. The molecule has 0 fully saturated rings. The highest BCUT2D eigenvalue weighted by atomic mass is 16.5. The van der Waals surface area contributed by atoms with Crippen LogP contribution >= 0.6 is 0 Å². The molecule has 0 saturated carbocycles. The lowest BCUT2D eigenvalue weighted by Crippen LogP contribution is -2.28. The monoisotopic (exact) mass is 427 g/mol. The van der Waals surface area contributed by atoms with E-state index in [0.29, 0.717) is 23.8 Å². The van der Waals surface area contributed by atoms with Crippen LogP contribution in [0.15, 0.2) is 59.1 Å². The summed E-state index contributed by atoms with van der Waals surface area (Å²) in [4.78, 5) is 17.6. The summed E-state index contributed by atoms with van der Waals surface area (Å²) in [6.45, 7) is 3.90. The third-order valence-corrected chi connectivity index (χ3v) is 5.83. The molecule has 0 aliphatic heterocycles. The highest BCUT2D eigenvalue weighted by Crippen LogP contribution is 2.28. The fourth-order valence-corrected chi connectivity index (χ4v) is 4.14. The van der Waals surface area contributed by atoms with Gasteiger partial charge in [-0.3, -0.25) is 4.79 Å². The van der Waals surface area contributed by atoms with Crippen LogP contribution in [0.1, 0.15) is 64.0 Å². The number of amides is 1. The molecule has 7 nitrogen and oxygen atoms in total. The number of fused-ring (bicyclic) bond motifs is 1. The van der Waals surface area contributed by atoms with E-state index in [9.17, 15) is 4.79 Å². The third kappa shape index (κ3) is 3.93. The maximum absolute atomic E-state index is 13.1. The van der Waals surface area contributed by atoms with E-state index in [4.69, 9.17) is 4.52 Å². The van der Waals surface area contributed by atoms with Crippen molar-refractivity contribution < 1.29 is 9.32 Å². The van der Waals surface area contributed by atoms with E-state index in [0.717, 1.165) is 41.8 Å². The Balaban J connectivity index is 1.33. The minimum atomic E-state index is -0.416. The van der Waals surface area contributed by atoms with Crippen LogP contribution in [0.5, 0.6) is 0 Å². The Bertz CT molecular complexity index is 1240. The number of carbonyl (C=O) groups is 1. The summed E-state index contributed by atoms with van der Waals surface area (Å²) < 4.78 is 7.32. The zero-order valence-electron chi connectivity index (χ0n) is 18.2. The molecule has 1 N–H and O–H groups in total. The van der Waals surface area contributed by atoms with Gasteiger partial charge in [-0.1, -0.05) is 53.2 Å². The summed E-state index contributed by atoms with van der Waals surface area (Å²) in [6.07, 6.45) is 3.40. The molecular weight excluding hydrogens is 402 g/mol. The van der Waals surface area contributed by atoms with Crippen molar-refractivity contribution in [3.8, 4) is 5.69 Å². The molecule has 2 aromatic heterocycles. The van der Waals surface area contributed by atoms with Gasteiger partial charge in [0.15, 0.2) is 11.5 Å². The van der Waals surface area contributed by atoms with E-state index in [1.54, 1.807) is 0 Å². The second kappa shape index (κ2) is 8.42. The molecular formula is C25H25N5O2. The number of benzene rings is 2. The number of aromatic nitrogens is 4. The lowest BCUT2D eigenvalue weighted by molar-refractivity contribution is 0.0926. The van der Waals surface area contributed by atoms with Crippen molar-refractivity contribution in [1.82, 2.24) is 25.2 Å². The number of aryl methyl sites for hydroxylation is 1. The molecule has 0 saturated heterocycles. The first-order valence-electron chi connectivity index (χ1n) is 10.9. The molecule has 1 aliphatic carbocycles. The predicted molar refractivity (Wildman–Crippen MR) is 120 cm³/mol. The zero-order chi connectivity index (χ0) is 22.1. The zero-order valence-corrected chi connectivity index (χ0v) is 18.2. The van der Waals surface area contributed by atoms with Crippen LogP contribution in [0.2, 0.25) is 0 Å². The first-order valence-corrected chi connectivity index (χ1v) is 10.9. The minimum Gasteiger partial charge on any atom is -0.339 e. The summed E-state index contributed by atoms with van der Waals surface area (Å²) in [7, 11) is 0. The van der Waals surface area contributed by atoms with Gasteiger partial charge in [0.1, 0.15) is 6.04 Å². The van der Waals surface area contributed by atoms with Crippen LogP contribution in [0.25, 0.3) is 5.69 Å². The number of rotatable bonds is 6. The van der Waals surface area contributed by atoms with Crippen molar-refractivity contribution in [2.24, 2.45) is 0 Å². The van der Waals surface area contributed by atoms with E-state index in [-0.39, 0.29) is 5.91 Å². The average Bonchev–Trinajstić information content (AvgIpc) is 3.52. The number of hydrogen-bond donors (Lipinski definition) is 1. The molecule has 0 bridgehead atoms. The number of nitrogens with zero attached hydrogens (tertiary/aromatic N) is 4. The lowest BCUT2D eigenvalue weighted by Gasteiger charge is -2.09. The van der Waals surface area contributed by atoms with Crippen LogP contribution in [0, 0.1) is 6.92 Å². The van der Waals surface area contributed by atoms with Gasteiger partial charge >= 0.3 is 0 Å². The van der Waals surface area contributed by atoms with Gasteiger partial charge in [-0.05, 0) is 50.8 Å². The van der Waals surface area contributed by atoms with Gasteiger partial charge in [0.05, 0.1) is 5.69 Å². The van der Waals surface area contributed by atoms with E-state index in [1.165, 1.54) is 5.56 Å². The predicted octanol–water partition coefficient (Wildman–Crippen LogP) is 4.13. The fraction of sp³-hybridized carbons (Fsp3) is 0.280. The number of hydrogen-bond acceptors (Lipinski definition) is 5. The number of nitrogens with one attached hydrogen (secondary N) is 1. The highest BCUT2D eigenvalue weighted by molar-refractivity contribution is 5.94. The Labute approximate surface area is 186 Å². The molecule has 7 heteroatoms. The maximum Gasteiger partial charge on any atom is 0.272 e. The van der Waals surface area contributed by atoms with Crippen molar-refractivity contribution in [2.45, 2.75) is 45.6 Å². The quantitative estimate of drug-likeness (QED) is 0.500. The van der Waals surface area contributed by atoms with Gasteiger partial charge in [-0.15, -0.1) is 0 Å². The highest BCUT2D eigenvalue weighted by Gasteiger charge is 2.28. The molecule has 0 spiro atoms. The molecule has 2 heterocycles. The number of carbonyl (C=O) groups excluding carboxylic acids is 1. The van der Waals surface area contributed by atoms with Crippen LogP contribution in [-0.2, 0) is 19.3 Å². The molecule has 2 aromatic carbocycles. The van der Waals surface area contributed by atoms with E-state index < -0.39 is 6.04 Å². The summed E-state index contributed by atoms with van der Waals surface area (Å²) in [6, 6.07) is 17.8.